The second kappa shape index (κ2) is 8.82. The molecule has 1 saturated carbocycles. The first-order valence-electron chi connectivity index (χ1n) is 10.1. The van der Waals surface area contributed by atoms with Crippen LogP contribution >= 0.6 is 0 Å². The number of hydrogen-bond donors (Lipinski definition) is 3. The summed E-state index contributed by atoms with van der Waals surface area (Å²) >= 11 is 0. The number of ether oxygens (including phenoxy) is 1. The van der Waals surface area contributed by atoms with E-state index in [1.807, 2.05) is 54.6 Å². The van der Waals surface area contributed by atoms with Crippen molar-refractivity contribution >= 4 is 17.9 Å². The van der Waals surface area contributed by atoms with Crippen LogP contribution in [0.2, 0.25) is 0 Å². The van der Waals surface area contributed by atoms with Crippen molar-refractivity contribution in [2.75, 3.05) is 5.32 Å². The van der Waals surface area contributed by atoms with Gasteiger partial charge in [0.25, 0.3) is 0 Å². The van der Waals surface area contributed by atoms with E-state index < -0.39 is 5.97 Å². The van der Waals surface area contributed by atoms with Gasteiger partial charge < -0.3 is 15.2 Å². The van der Waals surface area contributed by atoms with Crippen LogP contribution in [0.5, 0.6) is 5.75 Å². The van der Waals surface area contributed by atoms with Gasteiger partial charge in [0, 0.05) is 12.2 Å². The van der Waals surface area contributed by atoms with Crippen molar-refractivity contribution in [3.05, 3.63) is 95.1 Å². The molecule has 4 N–H and O–H groups in total. The molecule has 0 aliphatic heterocycles. The van der Waals surface area contributed by atoms with Crippen molar-refractivity contribution < 1.29 is 20.0 Å². The first-order valence-corrected chi connectivity index (χ1v) is 10.1. The second-order valence-corrected chi connectivity index (χ2v) is 7.57. The summed E-state index contributed by atoms with van der Waals surface area (Å²) in [6.07, 6.45) is 2.32. The molecule has 0 amide bonds. The second-order valence-electron chi connectivity index (χ2n) is 7.57. The predicted molar refractivity (Wildman–Crippen MR) is 117 cm³/mol. The number of carbonyl (C=O) groups is 1. The molecule has 30 heavy (non-hydrogen) atoms. The third kappa shape index (κ3) is 4.69. The van der Waals surface area contributed by atoms with E-state index in [-0.39, 0.29) is 11.8 Å². The highest BCUT2D eigenvalue weighted by atomic mass is 16.5. The summed E-state index contributed by atoms with van der Waals surface area (Å²) in [4.78, 5) is 11.0. The molecule has 3 aromatic rings. The largest absolute Gasteiger partial charge is 0.489 e. The molecule has 1 aliphatic carbocycles. The van der Waals surface area contributed by atoms with Crippen molar-refractivity contribution in [3.8, 4) is 5.75 Å². The fourth-order valence-corrected chi connectivity index (χ4v) is 3.60. The summed E-state index contributed by atoms with van der Waals surface area (Å²) in [7, 11) is 0. The first kappa shape index (κ1) is 19.7. The third-order valence-electron chi connectivity index (χ3n) is 5.44. The maximum atomic E-state index is 11.0. The summed E-state index contributed by atoms with van der Waals surface area (Å²) in [5.74, 6) is -0.0546. The van der Waals surface area contributed by atoms with E-state index in [0.29, 0.717) is 13.2 Å². The average molecular weight is 401 g/mol. The summed E-state index contributed by atoms with van der Waals surface area (Å²) < 4.78 is 5.93. The molecule has 0 aromatic heterocycles. The lowest BCUT2D eigenvalue weighted by Crippen LogP contribution is -2.30. The quantitative estimate of drug-likeness (QED) is 0.481. The van der Waals surface area contributed by atoms with E-state index in [0.717, 1.165) is 34.5 Å². The van der Waals surface area contributed by atoms with Gasteiger partial charge in [0.15, 0.2) is 6.21 Å². The normalized spacial score (nSPS) is 17.2. The highest BCUT2D eigenvalue weighted by Crippen LogP contribution is 2.47. The number of nitrogens with two attached hydrogens (primary N) is 1. The van der Waals surface area contributed by atoms with Crippen LogP contribution in [0.3, 0.4) is 0 Å². The van der Waals surface area contributed by atoms with Crippen LogP contribution in [-0.4, -0.2) is 17.3 Å². The molecule has 0 saturated heterocycles. The number of nitrogens with one attached hydrogen (secondary N) is 1. The smallest absolute Gasteiger partial charge is 0.307 e. The van der Waals surface area contributed by atoms with Crippen LogP contribution < -0.4 is 15.5 Å². The van der Waals surface area contributed by atoms with Crippen molar-refractivity contribution in [1.82, 2.24) is 0 Å². The third-order valence-corrected chi connectivity index (χ3v) is 5.44. The lowest BCUT2D eigenvalue weighted by molar-refractivity contribution is -0.138. The molecule has 0 spiro atoms. The molecule has 2 atom stereocenters. The molecular weight excluding hydrogens is 376 g/mol. The van der Waals surface area contributed by atoms with Crippen molar-refractivity contribution in [2.24, 2.45) is 5.92 Å². The van der Waals surface area contributed by atoms with Crippen LogP contribution in [-0.2, 0) is 17.9 Å². The molecule has 0 heterocycles. The summed E-state index contributed by atoms with van der Waals surface area (Å²) in [6.45, 7) is 1.15. The highest BCUT2D eigenvalue weighted by molar-refractivity contribution is 5.84. The lowest BCUT2D eigenvalue weighted by atomic mass is 10.1. The Labute approximate surface area is 175 Å². The van der Waals surface area contributed by atoms with Gasteiger partial charge in [-0.15, -0.1) is 0 Å². The van der Waals surface area contributed by atoms with Gasteiger partial charge >= 0.3 is 5.97 Å². The Balaban J connectivity index is 1.37. The average Bonchev–Trinajstić information content (AvgIpc) is 3.59. The van der Waals surface area contributed by atoms with Crippen LogP contribution in [0, 0.1) is 5.92 Å². The Morgan fingerprint density at radius 3 is 2.50 bits per heavy atom. The number of carboxylic acid groups (broad SMARTS) is 1. The standard InChI is InChI=1S/C25H24N2O3/c26-14-20-7-6-18(12-24(20)27-15-17-4-2-1-3-5-17)16-30-21-10-8-19(9-11-21)22-13-23(22)25(28)29/h1-12,14,22-23,26-27H,13,15-16H2,(H,28,29)/p+1. The zero-order valence-electron chi connectivity index (χ0n) is 16.6. The fourth-order valence-electron chi connectivity index (χ4n) is 3.60. The van der Waals surface area contributed by atoms with Crippen molar-refractivity contribution in [2.45, 2.75) is 25.5 Å². The summed E-state index contributed by atoms with van der Waals surface area (Å²) in [5, 5.41) is 18.3. The van der Waals surface area contributed by atoms with Gasteiger partial charge in [-0.3, -0.25) is 10.2 Å². The Bertz CT molecular complexity index is 1030. The van der Waals surface area contributed by atoms with E-state index in [2.05, 4.69) is 23.5 Å². The van der Waals surface area contributed by atoms with E-state index in [9.17, 15) is 4.79 Å². The van der Waals surface area contributed by atoms with Gasteiger partial charge in [-0.05, 0) is 53.3 Å². The SMILES string of the molecule is [NH2+]=Cc1ccc(COc2ccc(C3CC3C(=O)O)cc2)cc1NCc1ccccc1. The van der Waals surface area contributed by atoms with Gasteiger partial charge in [0.05, 0.1) is 11.5 Å². The molecule has 2 unspecified atom stereocenters. The van der Waals surface area contributed by atoms with E-state index >= 15 is 0 Å². The van der Waals surface area contributed by atoms with Crippen LogP contribution in [0.1, 0.15) is 34.6 Å². The predicted octanol–water partition coefficient (Wildman–Crippen LogP) is 3.24. The van der Waals surface area contributed by atoms with Crippen LogP contribution in [0.25, 0.3) is 0 Å². The van der Waals surface area contributed by atoms with Gasteiger partial charge in [-0.25, -0.2) is 0 Å². The Morgan fingerprint density at radius 1 is 1.07 bits per heavy atom. The van der Waals surface area contributed by atoms with Crippen LogP contribution in [0.15, 0.2) is 72.8 Å². The zero-order valence-corrected chi connectivity index (χ0v) is 16.6. The van der Waals surface area contributed by atoms with E-state index in [1.165, 1.54) is 5.56 Å². The molecule has 1 aliphatic rings. The minimum Gasteiger partial charge on any atom is -0.489 e. The van der Waals surface area contributed by atoms with Crippen molar-refractivity contribution in [1.29, 1.82) is 0 Å². The zero-order chi connectivity index (χ0) is 20.9. The monoisotopic (exact) mass is 401 g/mol. The number of hydrogen-bond acceptors (Lipinski definition) is 3. The van der Waals surface area contributed by atoms with Gasteiger partial charge in [-0.1, -0.05) is 48.5 Å². The summed E-state index contributed by atoms with van der Waals surface area (Å²) in [6, 6.07) is 24.0. The molecule has 4 rings (SSSR count). The fraction of sp³-hybridized carbons (Fsp3) is 0.200. The number of benzene rings is 3. The molecule has 0 bridgehead atoms. The van der Waals surface area contributed by atoms with E-state index in [4.69, 9.17) is 15.3 Å². The molecular formula is C25H25N2O3+. The number of anilines is 1. The maximum absolute atomic E-state index is 11.0. The molecule has 0 radical (unpaired) electrons. The Hall–Kier alpha value is -3.60. The van der Waals surface area contributed by atoms with Crippen molar-refractivity contribution in [3.63, 3.8) is 0 Å². The molecule has 152 valence electrons. The molecule has 3 aromatic carbocycles. The Kier molecular flexibility index (Phi) is 5.80. The number of aliphatic carboxylic acids is 1. The van der Waals surface area contributed by atoms with Crippen LogP contribution in [0.4, 0.5) is 5.69 Å². The topological polar surface area (TPSA) is 84.2 Å². The van der Waals surface area contributed by atoms with Gasteiger partial charge in [0.1, 0.15) is 12.4 Å². The maximum Gasteiger partial charge on any atom is 0.307 e. The van der Waals surface area contributed by atoms with E-state index in [1.54, 1.807) is 6.21 Å². The minimum absolute atomic E-state index is 0.134. The highest BCUT2D eigenvalue weighted by Gasteiger charge is 2.44. The number of carboxylic acids is 1. The van der Waals surface area contributed by atoms with Gasteiger partial charge in [0.2, 0.25) is 0 Å². The molecule has 1 fully saturated rings. The number of rotatable bonds is 9. The summed E-state index contributed by atoms with van der Waals surface area (Å²) in [5.41, 5.74) is 5.20. The molecule has 5 heteroatoms. The minimum atomic E-state index is -0.713. The Morgan fingerprint density at radius 2 is 1.83 bits per heavy atom. The lowest BCUT2D eigenvalue weighted by Gasteiger charge is -2.12. The van der Waals surface area contributed by atoms with Gasteiger partial charge in [-0.2, -0.15) is 0 Å². The first-order chi connectivity index (χ1) is 14.6. The molecule has 5 nitrogen and oxygen atoms in total.